The zero-order valence-electron chi connectivity index (χ0n) is 15.0. The largest absolute Gasteiger partial charge is 0.451 e. The molecule has 2 heterocycles. The lowest BCUT2D eigenvalue weighted by molar-refractivity contribution is -0.385. The standard InChI is InChI=1S/C19H15FN4O4/c1-19(2)14-7-10(3-5-12(14)18(25)28-19)16(17-21-9-22-23-17)13-6-4-11(24(26)27)8-15(13)20/h3-9,16H,1-2H3,(H,21,22,23). The van der Waals surface area contributed by atoms with Crippen LogP contribution in [0.5, 0.6) is 0 Å². The maximum atomic E-state index is 14.8. The van der Waals surface area contributed by atoms with Crippen LogP contribution in [0.3, 0.4) is 0 Å². The zero-order valence-corrected chi connectivity index (χ0v) is 15.0. The van der Waals surface area contributed by atoms with Gasteiger partial charge in [0.15, 0.2) is 0 Å². The van der Waals surface area contributed by atoms with E-state index in [4.69, 9.17) is 4.74 Å². The molecule has 0 spiro atoms. The summed E-state index contributed by atoms with van der Waals surface area (Å²) in [6, 6.07) is 8.58. The molecule has 0 radical (unpaired) electrons. The van der Waals surface area contributed by atoms with Gasteiger partial charge in [-0.2, -0.15) is 5.10 Å². The molecular weight excluding hydrogens is 367 g/mol. The normalized spacial score (nSPS) is 15.8. The van der Waals surface area contributed by atoms with Gasteiger partial charge in [-0.25, -0.2) is 14.2 Å². The lowest BCUT2D eigenvalue weighted by atomic mass is 9.85. The number of esters is 1. The third kappa shape index (κ3) is 2.81. The molecule has 0 saturated heterocycles. The Morgan fingerprint density at radius 2 is 2.04 bits per heavy atom. The van der Waals surface area contributed by atoms with Crippen molar-refractivity contribution in [3.05, 3.63) is 86.7 Å². The van der Waals surface area contributed by atoms with Crippen molar-refractivity contribution in [2.45, 2.75) is 25.4 Å². The van der Waals surface area contributed by atoms with E-state index < -0.39 is 28.2 Å². The number of carbonyl (C=O) groups is 1. The van der Waals surface area contributed by atoms with Gasteiger partial charge in [0.2, 0.25) is 0 Å². The Balaban J connectivity index is 1.88. The first-order valence-corrected chi connectivity index (χ1v) is 8.45. The molecule has 1 unspecified atom stereocenters. The van der Waals surface area contributed by atoms with E-state index in [-0.39, 0.29) is 11.3 Å². The van der Waals surface area contributed by atoms with Crippen LogP contribution in [0.25, 0.3) is 0 Å². The molecule has 142 valence electrons. The molecule has 1 atom stereocenters. The third-order valence-corrected chi connectivity index (χ3v) is 4.81. The first-order chi connectivity index (χ1) is 13.3. The predicted octanol–water partition coefficient (Wildman–Crippen LogP) is 3.44. The molecule has 0 fully saturated rings. The number of H-pyrrole nitrogens is 1. The molecule has 1 N–H and O–H groups in total. The number of non-ortho nitro benzene ring substituents is 1. The van der Waals surface area contributed by atoms with Crippen LogP contribution in [0.4, 0.5) is 10.1 Å². The minimum Gasteiger partial charge on any atom is -0.451 e. The van der Waals surface area contributed by atoms with Crippen molar-refractivity contribution < 1.29 is 18.8 Å². The number of fused-ring (bicyclic) bond motifs is 1. The molecule has 1 aliphatic rings. The summed E-state index contributed by atoms with van der Waals surface area (Å²) in [5.74, 6) is -1.47. The summed E-state index contributed by atoms with van der Waals surface area (Å²) in [7, 11) is 0. The van der Waals surface area contributed by atoms with Crippen LogP contribution in [0.2, 0.25) is 0 Å². The van der Waals surface area contributed by atoms with Crippen LogP contribution in [0, 0.1) is 15.9 Å². The van der Waals surface area contributed by atoms with Gasteiger partial charge >= 0.3 is 5.97 Å². The lowest BCUT2D eigenvalue weighted by Gasteiger charge is -2.21. The smallest absolute Gasteiger partial charge is 0.339 e. The van der Waals surface area contributed by atoms with Crippen LogP contribution in [-0.2, 0) is 10.3 Å². The first kappa shape index (κ1) is 17.8. The number of nitrogens with one attached hydrogen (secondary N) is 1. The maximum Gasteiger partial charge on any atom is 0.339 e. The van der Waals surface area contributed by atoms with E-state index >= 15 is 0 Å². The highest BCUT2D eigenvalue weighted by Gasteiger charge is 2.38. The van der Waals surface area contributed by atoms with Gasteiger partial charge in [0.1, 0.15) is 23.6 Å². The average Bonchev–Trinajstić information content (AvgIpc) is 3.23. The minimum absolute atomic E-state index is 0.199. The number of nitro groups is 1. The summed E-state index contributed by atoms with van der Waals surface area (Å²) in [5.41, 5.74) is 0.824. The summed E-state index contributed by atoms with van der Waals surface area (Å²) < 4.78 is 20.2. The Morgan fingerprint density at radius 1 is 1.25 bits per heavy atom. The first-order valence-electron chi connectivity index (χ1n) is 8.45. The van der Waals surface area contributed by atoms with Crippen LogP contribution in [-0.4, -0.2) is 26.1 Å². The highest BCUT2D eigenvalue weighted by atomic mass is 19.1. The van der Waals surface area contributed by atoms with Gasteiger partial charge in [-0.05, 0) is 37.6 Å². The van der Waals surface area contributed by atoms with Crippen molar-refractivity contribution in [1.82, 2.24) is 15.2 Å². The van der Waals surface area contributed by atoms with Crippen molar-refractivity contribution in [3.8, 4) is 0 Å². The van der Waals surface area contributed by atoms with Crippen molar-refractivity contribution >= 4 is 11.7 Å². The zero-order chi connectivity index (χ0) is 20.1. The van der Waals surface area contributed by atoms with E-state index in [0.29, 0.717) is 22.5 Å². The molecule has 4 rings (SSSR count). The SMILES string of the molecule is CC1(C)OC(=O)c2ccc(C(c3ncn[nH]3)c3ccc([N+](=O)[O-])cc3F)cc21. The van der Waals surface area contributed by atoms with Crippen molar-refractivity contribution in [1.29, 1.82) is 0 Å². The van der Waals surface area contributed by atoms with Gasteiger partial charge in [0.25, 0.3) is 5.69 Å². The molecule has 1 aliphatic heterocycles. The number of aromatic amines is 1. The molecule has 28 heavy (non-hydrogen) atoms. The average molecular weight is 382 g/mol. The topological polar surface area (TPSA) is 111 Å². The van der Waals surface area contributed by atoms with Crippen LogP contribution < -0.4 is 0 Å². The van der Waals surface area contributed by atoms with Gasteiger partial charge in [-0.15, -0.1) is 0 Å². The number of benzene rings is 2. The number of carbonyl (C=O) groups excluding carboxylic acids is 1. The molecule has 0 aliphatic carbocycles. The number of hydrogen-bond donors (Lipinski definition) is 1. The Morgan fingerprint density at radius 3 is 2.68 bits per heavy atom. The maximum absolute atomic E-state index is 14.8. The fourth-order valence-electron chi connectivity index (χ4n) is 3.46. The van der Waals surface area contributed by atoms with Gasteiger partial charge < -0.3 is 4.74 Å². The highest BCUT2D eigenvalue weighted by Crippen LogP contribution is 2.40. The molecule has 0 bridgehead atoms. The van der Waals surface area contributed by atoms with Crippen LogP contribution in [0.1, 0.15) is 52.6 Å². The summed E-state index contributed by atoms with van der Waals surface area (Å²) in [6.07, 6.45) is 1.30. The monoisotopic (exact) mass is 382 g/mol. The second kappa shape index (κ2) is 6.22. The number of cyclic esters (lactones) is 1. The Bertz CT molecular complexity index is 1100. The van der Waals surface area contributed by atoms with E-state index in [9.17, 15) is 19.3 Å². The fraction of sp³-hybridized carbons (Fsp3) is 0.211. The molecule has 1 aromatic heterocycles. The number of ether oxygens (including phenoxy) is 1. The molecule has 3 aromatic rings. The molecule has 9 heteroatoms. The van der Waals surface area contributed by atoms with Crippen molar-refractivity contribution in [2.75, 3.05) is 0 Å². The number of nitro benzene ring substituents is 1. The van der Waals surface area contributed by atoms with Gasteiger partial charge in [0.05, 0.1) is 22.5 Å². The number of halogens is 1. The van der Waals surface area contributed by atoms with E-state index in [2.05, 4.69) is 15.2 Å². The number of hydrogen-bond acceptors (Lipinski definition) is 6. The number of aromatic nitrogens is 3. The molecule has 2 aromatic carbocycles. The Kier molecular flexibility index (Phi) is 3.95. The minimum atomic E-state index is -0.817. The lowest BCUT2D eigenvalue weighted by Crippen LogP contribution is -2.17. The van der Waals surface area contributed by atoms with E-state index in [1.54, 1.807) is 32.0 Å². The number of rotatable bonds is 4. The Hall–Kier alpha value is -3.62. The highest BCUT2D eigenvalue weighted by molar-refractivity contribution is 5.94. The quantitative estimate of drug-likeness (QED) is 0.420. The van der Waals surface area contributed by atoms with Crippen LogP contribution >= 0.6 is 0 Å². The molecular formula is C19H15FN4O4. The molecule has 0 saturated carbocycles. The van der Waals surface area contributed by atoms with Gasteiger partial charge in [0, 0.05) is 17.2 Å². The van der Waals surface area contributed by atoms with Crippen molar-refractivity contribution in [2.24, 2.45) is 0 Å². The van der Waals surface area contributed by atoms with Crippen LogP contribution in [0.15, 0.2) is 42.7 Å². The van der Waals surface area contributed by atoms with E-state index in [1.165, 1.54) is 18.5 Å². The predicted molar refractivity (Wildman–Crippen MR) is 95.3 cm³/mol. The summed E-state index contributed by atoms with van der Waals surface area (Å²) in [5, 5.41) is 17.5. The summed E-state index contributed by atoms with van der Waals surface area (Å²) >= 11 is 0. The van der Waals surface area contributed by atoms with Crippen molar-refractivity contribution in [3.63, 3.8) is 0 Å². The summed E-state index contributed by atoms with van der Waals surface area (Å²) in [6.45, 7) is 3.55. The second-order valence-corrected chi connectivity index (χ2v) is 6.97. The van der Waals surface area contributed by atoms with E-state index in [1.807, 2.05) is 0 Å². The molecule has 0 amide bonds. The van der Waals surface area contributed by atoms with E-state index in [0.717, 1.165) is 6.07 Å². The number of nitrogens with zero attached hydrogens (tertiary/aromatic N) is 3. The second-order valence-electron chi connectivity index (χ2n) is 6.97. The third-order valence-electron chi connectivity index (χ3n) is 4.81. The Labute approximate surface area is 158 Å². The summed E-state index contributed by atoms with van der Waals surface area (Å²) in [4.78, 5) is 26.5. The van der Waals surface area contributed by atoms with Gasteiger partial charge in [-0.1, -0.05) is 6.07 Å². The fourth-order valence-corrected chi connectivity index (χ4v) is 3.46. The molecule has 8 nitrogen and oxygen atoms in total. The van der Waals surface area contributed by atoms with Gasteiger partial charge in [-0.3, -0.25) is 15.2 Å².